The van der Waals surface area contributed by atoms with E-state index in [0.717, 1.165) is 154 Å². The van der Waals surface area contributed by atoms with Crippen molar-refractivity contribution in [3.63, 3.8) is 0 Å². The van der Waals surface area contributed by atoms with E-state index in [-0.39, 0.29) is 25.9 Å². The van der Waals surface area contributed by atoms with E-state index in [1.165, 1.54) is 38.5 Å². The third kappa shape index (κ3) is 44.0. The van der Waals surface area contributed by atoms with Gasteiger partial charge >= 0.3 is 23.9 Å². The molecule has 0 aromatic rings. The monoisotopic (exact) mass is 1110 g/mol. The second-order valence-corrected chi connectivity index (χ2v) is 20.9. The molecule has 0 aliphatic carbocycles. The van der Waals surface area contributed by atoms with Crippen LogP contribution in [0.3, 0.4) is 0 Å². The van der Waals surface area contributed by atoms with Gasteiger partial charge in [-0.25, -0.2) is 4.79 Å². The Morgan fingerprint density at radius 1 is 0.430 bits per heavy atom. The average molecular weight is 1110 g/mol. The highest BCUT2D eigenvalue weighted by Gasteiger charge is 2.50. The minimum absolute atomic E-state index is 0.0385. The van der Waals surface area contributed by atoms with Crippen LogP contribution in [0.2, 0.25) is 0 Å². The molecule has 0 radical (unpaired) electrons. The summed E-state index contributed by atoms with van der Waals surface area (Å²) >= 11 is 0. The number of carboxylic acid groups (broad SMARTS) is 1. The lowest BCUT2D eigenvalue weighted by molar-refractivity contribution is -0.301. The molecule has 0 spiro atoms. The highest BCUT2D eigenvalue weighted by molar-refractivity contribution is 5.74. The number of hydrogen-bond acceptors (Lipinski definition) is 11. The Kier molecular flexibility index (Phi) is 49.9. The molecule has 1 aliphatic rings. The fraction of sp³-hybridized carbons (Fsp3) is 0.701. The van der Waals surface area contributed by atoms with E-state index in [0.29, 0.717) is 19.3 Å². The smallest absolute Gasteiger partial charge is 0.335 e. The number of carboxylic acids is 1. The van der Waals surface area contributed by atoms with E-state index in [2.05, 4.69) is 118 Å². The number of unbranched alkanes of at least 4 members (excludes halogenated alkanes) is 22. The molecule has 0 amide bonds. The lowest BCUT2D eigenvalue weighted by Gasteiger charge is -2.40. The van der Waals surface area contributed by atoms with Gasteiger partial charge in [-0.1, -0.05) is 208 Å². The first kappa shape index (κ1) is 72.7. The van der Waals surface area contributed by atoms with Crippen LogP contribution in [-0.2, 0) is 42.9 Å². The van der Waals surface area contributed by atoms with Crippen molar-refractivity contribution >= 4 is 23.9 Å². The summed E-state index contributed by atoms with van der Waals surface area (Å²) in [6, 6.07) is 0. The summed E-state index contributed by atoms with van der Waals surface area (Å²) in [5, 5.41) is 31.6. The predicted octanol–water partition coefficient (Wildman–Crippen LogP) is 16.5. The first-order chi connectivity index (χ1) is 38.6. The van der Waals surface area contributed by atoms with Gasteiger partial charge in [0.1, 0.15) is 18.8 Å². The summed E-state index contributed by atoms with van der Waals surface area (Å²) in [6.07, 6.45) is 59.3. The lowest BCUT2D eigenvalue weighted by Crippen LogP contribution is -2.61. The number of aliphatic carboxylic acids is 1. The van der Waals surface area contributed by atoms with Crippen molar-refractivity contribution < 1.29 is 58.2 Å². The number of aliphatic hydroxyl groups is 2. The van der Waals surface area contributed by atoms with Gasteiger partial charge in [-0.05, 0) is 122 Å². The second-order valence-electron chi connectivity index (χ2n) is 20.9. The fourth-order valence-electron chi connectivity index (χ4n) is 8.83. The van der Waals surface area contributed by atoms with Crippen LogP contribution in [0.25, 0.3) is 0 Å². The minimum Gasteiger partial charge on any atom is -0.479 e. The second kappa shape index (κ2) is 54.2. The molecule has 79 heavy (non-hydrogen) atoms. The zero-order valence-corrected chi connectivity index (χ0v) is 49.6. The molecule has 1 aliphatic heterocycles. The Balaban J connectivity index is 2.70. The molecule has 12 nitrogen and oxygen atoms in total. The summed E-state index contributed by atoms with van der Waals surface area (Å²) in [5.74, 6) is -3.18. The average Bonchev–Trinajstić information content (AvgIpc) is 3.46. The van der Waals surface area contributed by atoms with Gasteiger partial charge in [-0.2, -0.15) is 0 Å². The van der Waals surface area contributed by atoms with Crippen LogP contribution in [0.4, 0.5) is 0 Å². The van der Waals surface area contributed by atoms with Crippen molar-refractivity contribution in [1.82, 2.24) is 0 Å². The van der Waals surface area contributed by atoms with E-state index < -0.39 is 67.3 Å². The van der Waals surface area contributed by atoms with Crippen molar-refractivity contribution in [2.24, 2.45) is 0 Å². The summed E-state index contributed by atoms with van der Waals surface area (Å²) in [6.45, 7) is 5.80. The zero-order chi connectivity index (χ0) is 57.5. The third-order valence-corrected chi connectivity index (χ3v) is 13.6. The van der Waals surface area contributed by atoms with Crippen LogP contribution in [0.1, 0.15) is 252 Å². The van der Waals surface area contributed by atoms with Crippen molar-refractivity contribution in [3.05, 3.63) is 97.2 Å². The molecule has 0 bridgehead atoms. The molecule has 12 heteroatoms. The van der Waals surface area contributed by atoms with E-state index in [4.69, 9.17) is 23.7 Å². The zero-order valence-electron chi connectivity index (χ0n) is 49.6. The normalized spacial score (nSPS) is 18.5. The Morgan fingerprint density at radius 3 is 1.22 bits per heavy atom. The van der Waals surface area contributed by atoms with Crippen LogP contribution < -0.4 is 0 Å². The van der Waals surface area contributed by atoms with E-state index in [1.807, 2.05) is 0 Å². The molecule has 0 aromatic carbocycles. The summed E-state index contributed by atoms with van der Waals surface area (Å²) in [4.78, 5) is 51.2. The Bertz CT molecular complexity index is 1740. The van der Waals surface area contributed by atoms with Gasteiger partial charge in [0, 0.05) is 19.3 Å². The number of carbonyl (C=O) groups excluding carboxylic acids is 3. The molecule has 1 fully saturated rings. The summed E-state index contributed by atoms with van der Waals surface area (Å²) in [5.41, 5.74) is 0. The molecule has 6 unspecified atom stereocenters. The van der Waals surface area contributed by atoms with Gasteiger partial charge in [-0.3, -0.25) is 14.4 Å². The molecule has 450 valence electrons. The van der Waals surface area contributed by atoms with Crippen molar-refractivity contribution in [1.29, 1.82) is 0 Å². The molecule has 0 saturated carbocycles. The predicted molar refractivity (Wildman–Crippen MR) is 321 cm³/mol. The number of ether oxygens (including phenoxy) is 5. The molecule has 1 rings (SSSR count). The van der Waals surface area contributed by atoms with Crippen LogP contribution in [0.5, 0.6) is 0 Å². The fourth-order valence-corrected chi connectivity index (χ4v) is 8.83. The molecule has 0 aromatic heterocycles. The molecule has 1 heterocycles. The maximum absolute atomic E-state index is 13.2. The van der Waals surface area contributed by atoms with Crippen LogP contribution in [0, 0.1) is 0 Å². The first-order valence-corrected chi connectivity index (χ1v) is 31.2. The topological polar surface area (TPSA) is 175 Å². The molecule has 6 atom stereocenters. The largest absolute Gasteiger partial charge is 0.479 e. The lowest BCUT2D eigenvalue weighted by atomic mass is 9.98. The standard InChI is InChI=1S/C67H110O12/c1-4-7-10-13-16-19-22-25-28-29-30-31-34-37-40-43-46-49-52-55-61(70)78-65-63(72)62(71)64(66(73)74)79-67(65)76-57-58(77-60(69)54-51-48-45-42-39-36-33-27-24-21-18-15-12-9-6-3)56-75-59(68)53-50-47-44-41-38-35-32-26-23-20-17-14-11-8-5-2/h8,11,16-21,25-28,30-33,58,62-65,67,71-72H,4-7,9-10,12-15,22-24,29,34-57H2,1-3H3,(H,73,74)/b11-8-,19-16-,20-17-,21-18-,28-25-,31-30-,32-26-,33-27-. The van der Waals surface area contributed by atoms with Crippen LogP contribution >= 0.6 is 0 Å². The molecular weight excluding hydrogens is 997 g/mol. The molecule has 3 N–H and O–H groups in total. The van der Waals surface area contributed by atoms with Crippen molar-refractivity contribution in [3.8, 4) is 0 Å². The Morgan fingerprint density at radius 2 is 0.797 bits per heavy atom. The Hall–Kier alpha value is -4.36. The minimum atomic E-state index is -1.92. The maximum atomic E-state index is 13.2. The maximum Gasteiger partial charge on any atom is 0.335 e. The Labute approximate surface area is 479 Å². The third-order valence-electron chi connectivity index (χ3n) is 13.6. The van der Waals surface area contributed by atoms with Gasteiger partial charge in [-0.15, -0.1) is 0 Å². The highest BCUT2D eigenvalue weighted by atomic mass is 16.7. The molecule has 1 saturated heterocycles. The van der Waals surface area contributed by atoms with E-state index >= 15 is 0 Å². The van der Waals surface area contributed by atoms with E-state index in [1.54, 1.807) is 0 Å². The quantitative estimate of drug-likeness (QED) is 0.0228. The van der Waals surface area contributed by atoms with E-state index in [9.17, 15) is 34.5 Å². The van der Waals surface area contributed by atoms with Crippen molar-refractivity contribution in [2.75, 3.05) is 13.2 Å². The van der Waals surface area contributed by atoms with Gasteiger partial charge in [0.25, 0.3) is 0 Å². The van der Waals surface area contributed by atoms with Crippen molar-refractivity contribution in [2.45, 2.75) is 289 Å². The number of aliphatic hydroxyl groups excluding tert-OH is 2. The SMILES string of the molecule is CC/C=C\C/C=C\C/C=C\CCCCCCCC(=O)OCC(COC1OC(C(=O)O)C(O)C(O)C1OC(=O)CCCCCCCC/C=C\C/C=C\C/C=C\CCCCC)OC(=O)CCCCCCC/C=C\C/C=C\CCCCC. The number of hydrogen-bond donors (Lipinski definition) is 3. The number of rotatable bonds is 52. The van der Waals surface area contributed by atoms with Gasteiger partial charge in [0.05, 0.1) is 6.61 Å². The number of carbonyl (C=O) groups is 4. The van der Waals surface area contributed by atoms with Crippen LogP contribution in [-0.4, -0.2) is 89.2 Å². The first-order valence-electron chi connectivity index (χ1n) is 31.2. The summed E-state index contributed by atoms with van der Waals surface area (Å²) in [7, 11) is 0. The van der Waals surface area contributed by atoms with Crippen LogP contribution in [0.15, 0.2) is 97.2 Å². The number of esters is 3. The van der Waals surface area contributed by atoms with Gasteiger partial charge in [0.2, 0.25) is 0 Å². The number of allylic oxidation sites excluding steroid dienone is 16. The highest BCUT2D eigenvalue weighted by Crippen LogP contribution is 2.26. The molecular formula is C67H110O12. The van der Waals surface area contributed by atoms with Gasteiger partial charge < -0.3 is 39.0 Å². The summed E-state index contributed by atoms with van der Waals surface area (Å²) < 4.78 is 28.4. The van der Waals surface area contributed by atoms with Gasteiger partial charge in [0.15, 0.2) is 24.6 Å².